The number of halogens is 2. The van der Waals surface area contributed by atoms with Crippen molar-refractivity contribution in [1.82, 2.24) is 14.9 Å². The van der Waals surface area contributed by atoms with E-state index in [1.54, 1.807) is 36.3 Å². The van der Waals surface area contributed by atoms with E-state index in [0.29, 0.717) is 54.2 Å². The fraction of sp³-hybridized carbons (Fsp3) is 0.276. The Balaban J connectivity index is 1.27. The molecule has 4 aromatic rings. The van der Waals surface area contributed by atoms with Crippen molar-refractivity contribution in [1.29, 1.82) is 0 Å². The van der Waals surface area contributed by atoms with Gasteiger partial charge in [0.25, 0.3) is 0 Å². The minimum absolute atomic E-state index is 0.0105. The number of fused-ring (bicyclic) bond motifs is 1. The topological polar surface area (TPSA) is 91.9 Å². The second-order valence-electron chi connectivity index (χ2n) is 9.64. The Hall–Kier alpha value is -4.31. The Kier molecular flexibility index (Phi) is 8.06. The highest BCUT2D eigenvalue weighted by Crippen LogP contribution is 2.37. The zero-order valence-electron chi connectivity index (χ0n) is 22.4. The third-order valence-corrected chi connectivity index (χ3v) is 7.08. The molecule has 2 amide bonds. The Morgan fingerprint density at radius 2 is 1.82 bits per heavy atom. The molecule has 5 rings (SSSR count). The zero-order chi connectivity index (χ0) is 28.2. The summed E-state index contributed by atoms with van der Waals surface area (Å²) in [6.45, 7) is 1.10. The summed E-state index contributed by atoms with van der Waals surface area (Å²) in [5.74, 6) is 0.877. The molecule has 1 aromatic heterocycles. The van der Waals surface area contributed by atoms with Crippen LogP contribution in [0.2, 0.25) is 5.02 Å². The van der Waals surface area contributed by atoms with Crippen molar-refractivity contribution in [2.75, 3.05) is 49.8 Å². The molecular formula is C29H30ClFN6O3. The Labute approximate surface area is 236 Å². The lowest BCUT2D eigenvalue weighted by Gasteiger charge is -2.32. The monoisotopic (exact) mass is 564 g/mol. The molecule has 9 nitrogen and oxygen atoms in total. The second kappa shape index (κ2) is 11.8. The van der Waals surface area contributed by atoms with E-state index < -0.39 is 5.82 Å². The number of methoxy groups -OCH3 is 1. The summed E-state index contributed by atoms with van der Waals surface area (Å²) in [5, 5.41) is 6.62. The van der Waals surface area contributed by atoms with E-state index in [-0.39, 0.29) is 22.8 Å². The van der Waals surface area contributed by atoms with Gasteiger partial charge in [-0.3, -0.25) is 0 Å². The molecule has 0 saturated carbocycles. The number of ether oxygens (including phenoxy) is 2. The van der Waals surface area contributed by atoms with Crippen LogP contribution in [0.4, 0.5) is 32.1 Å². The molecule has 0 spiro atoms. The molecule has 11 heteroatoms. The highest BCUT2D eigenvalue weighted by atomic mass is 35.5. The van der Waals surface area contributed by atoms with Gasteiger partial charge in [0.2, 0.25) is 0 Å². The predicted octanol–water partition coefficient (Wildman–Crippen LogP) is 6.32. The minimum atomic E-state index is -0.567. The van der Waals surface area contributed by atoms with Gasteiger partial charge in [0.05, 0.1) is 23.3 Å². The molecule has 0 bridgehead atoms. The molecule has 0 atom stereocenters. The normalized spacial score (nSPS) is 13.7. The SMILES string of the molecule is COc1cc2ncnc(Nc3cccc(Cl)c3F)c2cc1OC1CCN(C(=O)Nc2ccc(N(C)C)cc2)CC1. The second-order valence-corrected chi connectivity index (χ2v) is 10.1. The van der Waals surface area contributed by atoms with Crippen LogP contribution < -0.4 is 25.0 Å². The lowest BCUT2D eigenvalue weighted by Crippen LogP contribution is -2.43. The summed E-state index contributed by atoms with van der Waals surface area (Å²) in [4.78, 5) is 25.3. The van der Waals surface area contributed by atoms with Crippen molar-refractivity contribution in [2.24, 2.45) is 0 Å². The number of hydrogen-bond donors (Lipinski definition) is 2. The molecule has 0 radical (unpaired) electrons. The van der Waals surface area contributed by atoms with Gasteiger partial charge >= 0.3 is 6.03 Å². The van der Waals surface area contributed by atoms with Gasteiger partial charge in [0, 0.05) is 62.9 Å². The number of piperidine rings is 1. The maximum atomic E-state index is 14.5. The summed E-state index contributed by atoms with van der Waals surface area (Å²) >= 11 is 5.94. The molecule has 2 N–H and O–H groups in total. The number of urea groups is 1. The van der Waals surface area contributed by atoms with Crippen LogP contribution in [0.1, 0.15) is 12.8 Å². The van der Waals surface area contributed by atoms with Gasteiger partial charge in [-0.05, 0) is 42.5 Å². The number of nitrogens with one attached hydrogen (secondary N) is 2. The molecule has 1 saturated heterocycles. The van der Waals surface area contributed by atoms with Crippen LogP contribution in [0, 0.1) is 5.82 Å². The van der Waals surface area contributed by atoms with Crippen LogP contribution in [0.5, 0.6) is 11.5 Å². The summed E-state index contributed by atoms with van der Waals surface area (Å²) in [7, 11) is 5.51. The lowest BCUT2D eigenvalue weighted by atomic mass is 10.1. The van der Waals surface area contributed by atoms with Gasteiger partial charge in [-0.25, -0.2) is 19.2 Å². The van der Waals surface area contributed by atoms with Crippen LogP contribution in [-0.2, 0) is 0 Å². The highest BCUT2D eigenvalue weighted by molar-refractivity contribution is 6.31. The number of carbonyl (C=O) groups is 1. The predicted molar refractivity (Wildman–Crippen MR) is 156 cm³/mol. The number of rotatable bonds is 7. The number of nitrogens with zero attached hydrogens (tertiary/aromatic N) is 4. The van der Waals surface area contributed by atoms with Crippen molar-refractivity contribution in [3.05, 3.63) is 71.8 Å². The fourth-order valence-corrected chi connectivity index (χ4v) is 4.72. The average molecular weight is 565 g/mol. The summed E-state index contributed by atoms with van der Waals surface area (Å²) in [6.07, 6.45) is 2.57. The molecule has 1 fully saturated rings. The van der Waals surface area contributed by atoms with Crippen molar-refractivity contribution in [2.45, 2.75) is 18.9 Å². The van der Waals surface area contributed by atoms with Gasteiger partial charge in [-0.1, -0.05) is 17.7 Å². The summed E-state index contributed by atoms with van der Waals surface area (Å²) in [5.41, 5.74) is 2.62. The van der Waals surface area contributed by atoms with Crippen molar-refractivity contribution in [3.8, 4) is 11.5 Å². The first kappa shape index (κ1) is 27.3. The van der Waals surface area contributed by atoms with Gasteiger partial charge in [0.1, 0.15) is 18.2 Å². The molecule has 1 aliphatic heterocycles. The maximum Gasteiger partial charge on any atom is 0.321 e. The van der Waals surface area contributed by atoms with Gasteiger partial charge in [-0.15, -0.1) is 0 Å². The molecule has 0 aliphatic carbocycles. The van der Waals surface area contributed by atoms with Crippen LogP contribution >= 0.6 is 11.6 Å². The minimum Gasteiger partial charge on any atom is -0.493 e. The molecular weight excluding hydrogens is 535 g/mol. The first-order valence-corrected chi connectivity index (χ1v) is 13.2. The number of benzene rings is 3. The number of hydrogen-bond acceptors (Lipinski definition) is 7. The standard InChI is InChI=1S/C29H30ClFN6O3/c1-36(2)19-9-7-18(8-10-19)34-29(38)37-13-11-20(12-14-37)40-26-15-21-24(16-25(26)39-3)32-17-33-28(21)35-23-6-4-5-22(30)27(23)31/h4-10,15-17,20H,11-14H2,1-3H3,(H,34,38)(H,32,33,35). The first-order valence-electron chi connectivity index (χ1n) is 12.9. The van der Waals surface area contributed by atoms with Gasteiger partial charge in [-0.2, -0.15) is 0 Å². The van der Waals surface area contributed by atoms with Crippen LogP contribution in [0.25, 0.3) is 10.9 Å². The third kappa shape index (κ3) is 5.96. The molecule has 3 aromatic carbocycles. The fourth-order valence-electron chi connectivity index (χ4n) is 4.54. The first-order chi connectivity index (χ1) is 19.3. The van der Waals surface area contributed by atoms with Gasteiger partial charge in [0.15, 0.2) is 17.3 Å². The van der Waals surface area contributed by atoms with Crippen LogP contribution in [0.15, 0.2) is 60.9 Å². The Morgan fingerprint density at radius 3 is 2.52 bits per heavy atom. The van der Waals surface area contributed by atoms with E-state index in [0.717, 1.165) is 11.4 Å². The van der Waals surface area contributed by atoms with E-state index in [1.165, 1.54) is 12.4 Å². The van der Waals surface area contributed by atoms with Crippen molar-refractivity contribution >= 4 is 51.4 Å². The smallest absolute Gasteiger partial charge is 0.321 e. The molecule has 2 heterocycles. The van der Waals surface area contributed by atoms with Crippen molar-refractivity contribution < 1.29 is 18.7 Å². The molecule has 1 aliphatic rings. The van der Waals surface area contributed by atoms with E-state index in [1.807, 2.05) is 43.3 Å². The Morgan fingerprint density at radius 1 is 1.07 bits per heavy atom. The lowest BCUT2D eigenvalue weighted by molar-refractivity contribution is 0.113. The van der Waals surface area contributed by atoms with Gasteiger partial charge < -0.3 is 29.9 Å². The van der Waals surface area contributed by atoms with Crippen molar-refractivity contribution in [3.63, 3.8) is 0 Å². The zero-order valence-corrected chi connectivity index (χ0v) is 23.2. The summed E-state index contributed by atoms with van der Waals surface area (Å²) < 4.78 is 26.5. The number of likely N-dealkylation sites (tertiary alicyclic amines) is 1. The van der Waals surface area contributed by atoms with Crippen LogP contribution in [0.3, 0.4) is 0 Å². The number of amides is 2. The molecule has 0 unspecified atom stereocenters. The largest absolute Gasteiger partial charge is 0.493 e. The van der Waals surface area contributed by atoms with E-state index in [2.05, 4.69) is 20.6 Å². The molecule has 208 valence electrons. The quantitative estimate of drug-likeness (QED) is 0.271. The maximum absolute atomic E-state index is 14.5. The van der Waals surface area contributed by atoms with Crippen LogP contribution in [-0.4, -0.2) is 61.3 Å². The highest BCUT2D eigenvalue weighted by Gasteiger charge is 2.25. The number of aromatic nitrogens is 2. The van der Waals surface area contributed by atoms with E-state index in [9.17, 15) is 9.18 Å². The molecule has 40 heavy (non-hydrogen) atoms. The third-order valence-electron chi connectivity index (χ3n) is 6.78. The summed E-state index contributed by atoms with van der Waals surface area (Å²) in [6, 6.07) is 15.8. The van der Waals surface area contributed by atoms with E-state index >= 15 is 0 Å². The number of anilines is 4. The average Bonchev–Trinajstić information content (AvgIpc) is 2.96. The van der Waals surface area contributed by atoms with E-state index in [4.69, 9.17) is 21.1 Å². The number of carbonyl (C=O) groups excluding carboxylic acids is 1. The Bertz CT molecular complexity index is 1510.